The predicted molar refractivity (Wildman–Crippen MR) is 120 cm³/mol. The standard InChI is InChI=1S/C25H27N3O2/c1-24(2)13-7-15-28(16-17-29-19-8-4-3-5-9-19)25(24)18-27-23-20-10-6-14-26-21(20)11-12-22(23)30-25/h3-6,8-12,14,18H,7,13,15-17H2,1-2H3. The van der Waals surface area contributed by atoms with Gasteiger partial charge in [-0.2, -0.15) is 0 Å². The maximum Gasteiger partial charge on any atom is 0.205 e. The summed E-state index contributed by atoms with van der Waals surface area (Å²) >= 11 is 0. The van der Waals surface area contributed by atoms with Gasteiger partial charge in [-0.25, -0.2) is 0 Å². The summed E-state index contributed by atoms with van der Waals surface area (Å²) in [4.78, 5) is 11.8. The fraction of sp³-hybridized carbons (Fsp3) is 0.360. The topological polar surface area (TPSA) is 47.0 Å². The SMILES string of the molecule is CC1(C)CCCN(CCOc2ccccc2)C12C=Nc1c(ccc3ncccc13)O2. The minimum atomic E-state index is -0.589. The molecule has 1 aromatic heterocycles. The molecule has 0 N–H and O–H groups in total. The van der Waals surface area contributed by atoms with Crippen LogP contribution in [-0.2, 0) is 0 Å². The van der Waals surface area contributed by atoms with Crippen LogP contribution in [0.4, 0.5) is 5.69 Å². The number of fused-ring (bicyclic) bond motifs is 3. The van der Waals surface area contributed by atoms with Gasteiger partial charge >= 0.3 is 0 Å². The summed E-state index contributed by atoms with van der Waals surface area (Å²) in [6.07, 6.45) is 6.04. The van der Waals surface area contributed by atoms with Gasteiger partial charge in [0.15, 0.2) is 0 Å². The van der Waals surface area contributed by atoms with E-state index < -0.39 is 5.72 Å². The summed E-state index contributed by atoms with van der Waals surface area (Å²) in [5, 5.41) is 1.02. The van der Waals surface area contributed by atoms with Gasteiger partial charge in [0.05, 0.1) is 11.7 Å². The predicted octanol–water partition coefficient (Wildman–Crippen LogP) is 5.23. The fourth-order valence-corrected chi connectivity index (χ4v) is 4.69. The van der Waals surface area contributed by atoms with Gasteiger partial charge in [-0.1, -0.05) is 32.0 Å². The van der Waals surface area contributed by atoms with E-state index in [9.17, 15) is 0 Å². The van der Waals surface area contributed by atoms with Crippen molar-refractivity contribution in [1.29, 1.82) is 0 Å². The molecule has 0 radical (unpaired) electrons. The zero-order chi connectivity index (χ0) is 20.6. The minimum Gasteiger partial charge on any atom is -0.492 e. The molecule has 0 amide bonds. The molecule has 2 aromatic carbocycles. The lowest BCUT2D eigenvalue weighted by atomic mass is 9.73. The Morgan fingerprint density at radius 2 is 1.93 bits per heavy atom. The molecule has 1 saturated heterocycles. The molecule has 3 heterocycles. The van der Waals surface area contributed by atoms with Crippen molar-refractivity contribution in [3.05, 3.63) is 60.8 Å². The highest BCUT2D eigenvalue weighted by Crippen LogP contribution is 2.49. The first kappa shape index (κ1) is 19.1. The summed E-state index contributed by atoms with van der Waals surface area (Å²) in [7, 11) is 0. The maximum absolute atomic E-state index is 6.79. The molecule has 5 rings (SSSR count). The average molecular weight is 402 g/mol. The van der Waals surface area contributed by atoms with Crippen LogP contribution in [-0.4, -0.2) is 41.5 Å². The van der Waals surface area contributed by atoms with E-state index in [-0.39, 0.29) is 5.41 Å². The van der Waals surface area contributed by atoms with Crippen LogP contribution in [0.5, 0.6) is 11.5 Å². The lowest BCUT2D eigenvalue weighted by Gasteiger charge is -2.54. The van der Waals surface area contributed by atoms with Gasteiger partial charge in [0.1, 0.15) is 23.8 Å². The molecule has 5 heteroatoms. The van der Waals surface area contributed by atoms with E-state index in [0.717, 1.165) is 54.0 Å². The van der Waals surface area contributed by atoms with Gasteiger partial charge < -0.3 is 9.47 Å². The van der Waals surface area contributed by atoms with E-state index in [4.69, 9.17) is 14.5 Å². The number of para-hydroxylation sites is 1. The summed E-state index contributed by atoms with van der Waals surface area (Å²) in [6.45, 7) is 6.88. The normalized spacial score (nSPS) is 22.6. The second-order valence-electron chi connectivity index (χ2n) is 8.68. The molecule has 0 bridgehead atoms. The molecule has 2 aliphatic rings. The molecule has 0 aliphatic carbocycles. The van der Waals surface area contributed by atoms with Crippen LogP contribution in [0, 0.1) is 5.41 Å². The van der Waals surface area contributed by atoms with Crippen LogP contribution in [0.25, 0.3) is 10.9 Å². The first-order valence-electron chi connectivity index (χ1n) is 10.6. The summed E-state index contributed by atoms with van der Waals surface area (Å²) in [5.41, 5.74) is 1.13. The third-order valence-corrected chi connectivity index (χ3v) is 6.40. The van der Waals surface area contributed by atoms with Crippen LogP contribution >= 0.6 is 0 Å². The first-order chi connectivity index (χ1) is 14.6. The smallest absolute Gasteiger partial charge is 0.205 e. The highest BCUT2D eigenvalue weighted by atomic mass is 16.5. The molecule has 1 spiro atoms. The number of likely N-dealkylation sites (tertiary alicyclic amines) is 1. The van der Waals surface area contributed by atoms with E-state index in [1.807, 2.05) is 60.9 Å². The lowest BCUT2D eigenvalue weighted by Crippen LogP contribution is -2.67. The van der Waals surface area contributed by atoms with Gasteiger partial charge in [0.2, 0.25) is 5.72 Å². The van der Waals surface area contributed by atoms with Crippen molar-refractivity contribution in [2.75, 3.05) is 19.7 Å². The molecule has 2 aliphatic heterocycles. The van der Waals surface area contributed by atoms with Crippen molar-refractivity contribution in [2.24, 2.45) is 10.4 Å². The molecular formula is C25H27N3O2. The number of ether oxygens (including phenoxy) is 2. The van der Waals surface area contributed by atoms with Gasteiger partial charge in [0, 0.05) is 30.1 Å². The Kier molecular flexibility index (Phi) is 4.70. The van der Waals surface area contributed by atoms with Crippen LogP contribution in [0.3, 0.4) is 0 Å². The van der Waals surface area contributed by atoms with Crippen molar-refractivity contribution in [3.63, 3.8) is 0 Å². The number of hydrogen-bond acceptors (Lipinski definition) is 5. The van der Waals surface area contributed by atoms with Crippen LogP contribution in [0.2, 0.25) is 0 Å². The Balaban J connectivity index is 1.45. The number of hydrogen-bond donors (Lipinski definition) is 0. The number of aromatic nitrogens is 1. The zero-order valence-corrected chi connectivity index (χ0v) is 17.5. The Hall–Kier alpha value is -2.92. The Bertz CT molecular complexity index is 1080. The Morgan fingerprint density at radius 3 is 2.80 bits per heavy atom. The largest absolute Gasteiger partial charge is 0.492 e. The number of aliphatic imine (C=N–C) groups is 1. The summed E-state index contributed by atoms with van der Waals surface area (Å²) in [6, 6.07) is 18.0. The summed E-state index contributed by atoms with van der Waals surface area (Å²) in [5.74, 6) is 1.72. The molecule has 1 fully saturated rings. The average Bonchev–Trinajstić information content (AvgIpc) is 2.77. The molecular weight excluding hydrogens is 374 g/mol. The summed E-state index contributed by atoms with van der Waals surface area (Å²) < 4.78 is 12.8. The molecule has 1 unspecified atom stereocenters. The first-order valence-corrected chi connectivity index (χ1v) is 10.6. The quantitative estimate of drug-likeness (QED) is 0.601. The number of nitrogens with zero attached hydrogens (tertiary/aromatic N) is 3. The second-order valence-corrected chi connectivity index (χ2v) is 8.68. The number of rotatable bonds is 4. The van der Waals surface area contributed by atoms with Crippen molar-refractivity contribution >= 4 is 22.8 Å². The van der Waals surface area contributed by atoms with E-state index in [2.05, 4.69) is 29.8 Å². The maximum atomic E-state index is 6.79. The van der Waals surface area contributed by atoms with Crippen LogP contribution < -0.4 is 9.47 Å². The highest BCUT2D eigenvalue weighted by Gasteiger charge is 2.54. The monoisotopic (exact) mass is 401 g/mol. The number of benzene rings is 2. The second kappa shape index (κ2) is 7.40. The lowest BCUT2D eigenvalue weighted by molar-refractivity contribution is -0.136. The number of pyridine rings is 1. The van der Waals surface area contributed by atoms with E-state index >= 15 is 0 Å². The van der Waals surface area contributed by atoms with Crippen LogP contribution in [0.1, 0.15) is 26.7 Å². The minimum absolute atomic E-state index is 0.0803. The van der Waals surface area contributed by atoms with Crippen molar-refractivity contribution in [2.45, 2.75) is 32.4 Å². The van der Waals surface area contributed by atoms with Gasteiger partial charge in [-0.3, -0.25) is 14.9 Å². The molecule has 30 heavy (non-hydrogen) atoms. The zero-order valence-electron chi connectivity index (χ0n) is 17.5. The number of piperidine rings is 1. The van der Waals surface area contributed by atoms with Crippen molar-refractivity contribution in [3.8, 4) is 11.5 Å². The molecule has 3 aromatic rings. The molecule has 154 valence electrons. The van der Waals surface area contributed by atoms with Crippen molar-refractivity contribution in [1.82, 2.24) is 9.88 Å². The highest BCUT2D eigenvalue weighted by molar-refractivity contribution is 5.96. The molecule has 5 nitrogen and oxygen atoms in total. The van der Waals surface area contributed by atoms with E-state index in [0.29, 0.717) is 6.61 Å². The van der Waals surface area contributed by atoms with Gasteiger partial charge in [-0.05, 0) is 49.2 Å². The Morgan fingerprint density at radius 1 is 1.07 bits per heavy atom. The molecule has 0 saturated carbocycles. The van der Waals surface area contributed by atoms with E-state index in [1.165, 1.54) is 0 Å². The van der Waals surface area contributed by atoms with Crippen LogP contribution in [0.15, 0.2) is 65.8 Å². The third-order valence-electron chi connectivity index (χ3n) is 6.40. The van der Waals surface area contributed by atoms with E-state index in [1.54, 1.807) is 0 Å². The third kappa shape index (κ3) is 3.14. The van der Waals surface area contributed by atoms with Gasteiger partial charge in [-0.15, -0.1) is 0 Å². The van der Waals surface area contributed by atoms with Crippen molar-refractivity contribution < 1.29 is 9.47 Å². The van der Waals surface area contributed by atoms with Gasteiger partial charge in [0.25, 0.3) is 0 Å². The molecule has 1 atom stereocenters. The fourth-order valence-electron chi connectivity index (χ4n) is 4.69. The Labute approximate surface area is 177 Å².